The number of hydrogen-bond donors (Lipinski definition) is 1. The van der Waals surface area contributed by atoms with Gasteiger partial charge in [-0.2, -0.15) is 0 Å². The standard InChI is InChI=1S/C21H28N4O3S2/c1-7-8-9-15(18(26)22-16-10-12(4)28-24-16)30-21-23-19-17(13(5)14(6)29-19)20(27)25(21)11(2)3/h10-11,15H,7-9H2,1-6H3,(H,22,24,26). The molecule has 0 aliphatic rings. The van der Waals surface area contributed by atoms with Gasteiger partial charge in [-0.25, -0.2) is 4.98 Å². The van der Waals surface area contributed by atoms with Crippen LogP contribution >= 0.6 is 23.1 Å². The summed E-state index contributed by atoms with van der Waals surface area (Å²) in [6, 6.07) is 1.62. The Kier molecular flexibility index (Phi) is 7.02. The number of aryl methyl sites for hydroxylation is 3. The fraction of sp³-hybridized carbons (Fsp3) is 0.524. The molecule has 1 atom stereocenters. The Bertz CT molecular complexity index is 1110. The van der Waals surface area contributed by atoms with Gasteiger partial charge in [-0.1, -0.05) is 36.7 Å². The monoisotopic (exact) mass is 448 g/mol. The molecule has 7 nitrogen and oxygen atoms in total. The van der Waals surface area contributed by atoms with E-state index in [2.05, 4.69) is 17.4 Å². The van der Waals surface area contributed by atoms with Crippen molar-refractivity contribution >= 4 is 45.0 Å². The highest BCUT2D eigenvalue weighted by Crippen LogP contribution is 2.32. The minimum absolute atomic E-state index is 0.0406. The zero-order valence-electron chi connectivity index (χ0n) is 18.2. The maximum absolute atomic E-state index is 13.3. The van der Waals surface area contributed by atoms with Crippen LogP contribution in [0.4, 0.5) is 5.82 Å². The number of thiophene rings is 1. The average molecular weight is 449 g/mol. The summed E-state index contributed by atoms with van der Waals surface area (Å²) < 4.78 is 6.75. The third kappa shape index (κ3) is 4.62. The lowest BCUT2D eigenvalue weighted by Gasteiger charge is -2.19. The first kappa shape index (κ1) is 22.6. The zero-order chi connectivity index (χ0) is 22.0. The molecule has 9 heteroatoms. The van der Waals surface area contributed by atoms with E-state index in [1.165, 1.54) is 23.1 Å². The van der Waals surface area contributed by atoms with E-state index in [1.54, 1.807) is 17.6 Å². The zero-order valence-corrected chi connectivity index (χ0v) is 19.9. The molecule has 0 spiro atoms. The molecule has 0 saturated carbocycles. The van der Waals surface area contributed by atoms with Gasteiger partial charge in [0, 0.05) is 17.0 Å². The molecule has 1 N–H and O–H groups in total. The molecule has 0 saturated heterocycles. The Labute approximate surface area is 184 Å². The highest BCUT2D eigenvalue weighted by molar-refractivity contribution is 8.00. The number of thioether (sulfide) groups is 1. The molecule has 3 aromatic rings. The lowest BCUT2D eigenvalue weighted by molar-refractivity contribution is -0.115. The number of anilines is 1. The van der Waals surface area contributed by atoms with Gasteiger partial charge in [-0.05, 0) is 46.6 Å². The molecular weight excluding hydrogens is 420 g/mol. The molecular formula is C21H28N4O3S2. The largest absolute Gasteiger partial charge is 0.360 e. The second kappa shape index (κ2) is 9.34. The Hall–Kier alpha value is -2.13. The number of unbranched alkanes of at least 4 members (excludes halogenated alkanes) is 1. The van der Waals surface area contributed by atoms with Crippen molar-refractivity contribution in [1.29, 1.82) is 0 Å². The minimum atomic E-state index is -0.390. The first-order valence-corrected chi connectivity index (χ1v) is 11.9. The summed E-state index contributed by atoms with van der Waals surface area (Å²) in [6.07, 6.45) is 2.55. The molecule has 0 aliphatic heterocycles. The summed E-state index contributed by atoms with van der Waals surface area (Å²) in [5.41, 5.74) is 0.946. The highest BCUT2D eigenvalue weighted by Gasteiger charge is 2.25. The van der Waals surface area contributed by atoms with Gasteiger partial charge in [-0.15, -0.1) is 11.3 Å². The van der Waals surface area contributed by atoms with Crippen molar-refractivity contribution in [2.24, 2.45) is 0 Å². The van der Waals surface area contributed by atoms with E-state index in [0.29, 0.717) is 28.5 Å². The summed E-state index contributed by atoms with van der Waals surface area (Å²) in [5.74, 6) is 0.867. The van der Waals surface area contributed by atoms with Gasteiger partial charge >= 0.3 is 0 Å². The first-order chi connectivity index (χ1) is 14.2. The van der Waals surface area contributed by atoms with Gasteiger partial charge in [0.1, 0.15) is 10.6 Å². The van der Waals surface area contributed by atoms with Crippen LogP contribution in [0, 0.1) is 20.8 Å². The van der Waals surface area contributed by atoms with Crippen LogP contribution in [-0.4, -0.2) is 25.9 Å². The van der Waals surface area contributed by atoms with E-state index < -0.39 is 5.25 Å². The fourth-order valence-electron chi connectivity index (χ4n) is 3.22. The van der Waals surface area contributed by atoms with E-state index in [1.807, 2.05) is 27.7 Å². The summed E-state index contributed by atoms with van der Waals surface area (Å²) in [6.45, 7) is 11.8. The van der Waals surface area contributed by atoms with Crippen molar-refractivity contribution in [3.63, 3.8) is 0 Å². The van der Waals surface area contributed by atoms with E-state index >= 15 is 0 Å². The van der Waals surface area contributed by atoms with E-state index in [4.69, 9.17) is 9.51 Å². The van der Waals surface area contributed by atoms with Crippen LogP contribution in [0.2, 0.25) is 0 Å². The molecule has 0 bridgehead atoms. The SMILES string of the molecule is CCCCC(Sc1nc2sc(C)c(C)c2c(=O)n1C(C)C)C(=O)Nc1cc(C)on1. The maximum Gasteiger partial charge on any atom is 0.263 e. The summed E-state index contributed by atoms with van der Waals surface area (Å²) >= 11 is 2.88. The molecule has 3 rings (SSSR count). The predicted octanol–water partition coefficient (Wildman–Crippen LogP) is 5.24. The predicted molar refractivity (Wildman–Crippen MR) is 123 cm³/mol. The molecule has 3 aromatic heterocycles. The van der Waals surface area contributed by atoms with Gasteiger partial charge < -0.3 is 9.84 Å². The maximum atomic E-state index is 13.3. The third-order valence-electron chi connectivity index (χ3n) is 4.96. The number of rotatable bonds is 8. The normalized spacial score (nSPS) is 12.6. The molecule has 0 aliphatic carbocycles. The van der Waals surface area contributed by atoms with Gasteiger partial charge in [0.2, 0.25) is 5.91 Å². The number of fused-ring (bicyclic) bond motifs is 1. The summed E-state index contributed by atoms with van der Waals surface area (Å²) in [4.78, 5) is 32.9. The molecule has 162 valence electrons. The molecule has 0 fully saturated rings. The van der Waals surface area contributed by atoms with Crippen molar-refractivity contribution in [3.05, 3.63) is 32.6 Å². The van der Waals surface area contributed by atoms with Gasteiger partial charge in [0.05, 0.1) is 10.6 Å². The minimum Gasteiger partial charge on any atom is -0.360 e. The van der Waals surface area contributed by atoms with Crippen molar-refractivity contribution < 1.29 is 9.32 Å². The summed E-state index contributed by atoms with van der Waals surface area (Å²) in [5, 5.41) is 7.56. The topological polar surface area (TPSA) is 90.0 Å². The van der Waals surface area contributed by atoms with Crippen molar-refractivity contribution in [3.8, 4) is 0 Å². The Morgan fingerprint density at radius 3 is 2.67 bits per heavy atom. The number of nitrogens with zero attached hydrogens (tertiary/aromatic N) is 3. The van der Waals surface area contributed by atoms with Crippen LogP contribution in [-0.2, 0) is 4.79 Å². The first-order valence-electron chi connectivity index (χ1n) is 10.2. The van der Waals surface area contributed by atoms with Crippen LogP contribution in [0.3, 0.4) is 0 Å². The molecule has 1 unspecified atom stereocenters. The molecule has 1 amide bonds. The van der Waals surface area contributed by atoms with Gasteiger partial charge in [-0.3, -0.25) is 14.2 Å². The second-order valence-corrected chi connectivity index (χ2v) is 10.1. The third-order valence-corrected chi connectivity index (χ3v) is 7.29. The van der Waals surface area contributed by atoms with Crippen LogP contribution in [0.15, 0.2) is 20.5 Å². The smallest absolute Gasteiger partial charge is 0.263 e. The number of carbonyl (C=O) groups is 1. The molecule has 0 aromatic carbocycles. The average Bonchev–Trinajstić information content (AvgIpc) is 3.20. The Balaban J connectivity index is 1.99. The second-order valence-electron chi connectivity index (χ2n) is 7.69. The Morgan fingerprint density at radius 1 is 1.33 bits per heavy atom. The molecule has 0 radical (unpaired) electrons. The quantitative estimate of drug-likeness (QED) is 0.374. The molecule has 3 heterocycles. The number of aromatic nitrogens is 3. The summed E-state index contributed by atoms with van der Waals surface area (Å²) in [7, 11) is 0. The van der Waals surface area contributed by atoms with Crippen molar-refractivity contribution in [2.75, 3.05) is 5.32 Å². The lowest BCUT2D eigenvalue weighted by atomic mass is 10.2. The van der Waals surface area contributed by atoms with Crippen LogP contribution < -0.4 is 10.9 Å². The molecule has 30 heavy (non-hydrogen) atoms. The van der Waals surface area contributed by atoms with Crippen LogP contribution in [0.1, 0.15) is 62.3 Å². The number of hydrogen-bond acceptors (Lipinski definition) is 7. The highest BCUT2D eigenvalue weighted by atomic mass is 32.2. The van der Waals surface area contributed by atoms with Gasteiger partial charge in [0.15, 0.2) is 11.0 Å². The van der Waals surface area contributed by atoms with E-state index in [0.717, 1.165) is 28.1 Å². The fourth-order valence-corrected chi connectivity index (χ4v) is 5.55. The van der Waals surface area contributed by atoms with E-state index in [-0.39, 0.29) is 17.5 Å². The number of amides is 1. The van der Waals surface area contributed by atoms with E-state index in [9.17, 15) is 9.59 Å². The van der Waals surface area contributed by atoms with Crippen LogP contribution in [0.5, 0.6) is 0 Å². The number of carbonyl (C=O) groups excluding carboxylic acids is 1. The van der Waals surface area contributed by atoms with Crippen LogP contribution in [0.25, 0.3) is 10.2 Å². The Morgan fingerprint density at radius 2 is 2.07 bits per heavy atom. The van der Waals surface area contributed by atoms with Gasteiger partial charge in [0.25, 0.3) is 5.56 Å². The lowest BCUT2D eigenvalue weighted by Crippen LogP contribution is -2.29. The van der Waals surface area contributed by atoms with Crippen molar-refractivity contribution in [1.82, 2.24) is 14.7 Å². The van der Waals surface area contributed by atoms with Crippen molar-refractivity contribution in [2.45, 2.75) is 77.3 Å². The number of nitrogens with one attached hydrogen (secondary N) is 1.